The molecule has 0 aliphatic carbocycles. The number of allylic oxidation sites excluding steroid dienone is 12. The lowest BCUT2D eigenvalue weighted by Crippen LogP contribution is -2.50. The monoisotopic (exact) mass is 799 g/mol. The Balaban J connectivity index is 4.44. The first-order valence-electron chi connectivity index (χ1n) is 22.5. The number of carbonyl (C=O) groups excluding carboxylic acids is 2. The first-order chi connectivity index (χ1) is 27.6. The van der Waals surface area contributed by atoms with Gasteiger partial charge in [-0.15, -0.1) is 0 Å². The maximum atomic E-state index is 12.7. The van der Waals surface area contributed by atoms with Crippen LogP contribution in [0.1, 0.15) is 168 Å². The molecule has 0 aliphatic rings. The third-order valence-corrected chi connectivity index (χ3v) is 9.58. The highest BCUT2D eigenvalue weighted by Crippen LogP contribution is 2.12. The topological polar surface area (TPSA) is 99.1 Å². The first kappa shape index (κ1) is 53.8. The van der Waals surface area contributed by atoms with Gasteiger partial charge in [0.1, 0.15) is 6.61 Å². The summed E-state index contributed by atoms with van der Waals surface area (Å²) >= 11 is 0. The van der Waals surface area contributed by atoms with Crippen molar-refractivity contribution in [2.45, 2.75) is 180 Å². The summed E-state index contributed by atoms with van der Waals surface area (Å²) < 4.78 is 17.2. The number of likely N-dealkylation sites (N-methyl/N-ethyl adjacent to an activating group) is 1. The molecule has 0 rings (SSSR count). The van der Waals surface area contributed by atoms with Crippen molar-refractivity contribution < 1.29 is 38.2 Å². The van der Waals surface area contributed by atoms with Crippen LogP contribution in [0.15, 0.2) is 72.9 Å². The van der Waals surface area contributed by atoms with Gasteiger partial charge in [0.25, 0.3) is 0 Å². The molecular weight excluding hydrogens is 715 g/mol. The molecule has 0 amide bonds. The fourth-order valence-electron chi connectivity index (χ4n) is 6.04. The van der Waals surface area contributed by atoms with E-state index >= 15 is 0 Å². The van der Waals surface area contributed by atoms with Crippen LogP contribution in [-0.2, 0) is 28.6 Å². The molecule has 8 heteroatoms. The minimum Gasteiger partial charge on any atom is -0.477 e. The second-order valence-corrected chi connectivity index (χ2v) is 15.9. The van der Waals surface area contributed by atoms with E-state index in [0.717, 1.165) is 70.6 Å². The van der Waals surface area contributed by atoms with E-state index in [0.29, 0.717) is 19.3 Å². The molecule has 2 atom stereocenters. The van der Waals surface area contributed by atoms with E-state index in [2.05, 4.69) is 86.8 Å². The van der Waals surface area contributed by atoms with Gasteiger partial charge in [0.05, 0.1) is 34.4 Å². The predicted molar refractivity (Wildman–Crippen MR) is 238 cm³/mol. The van der Waals surface area contributed by atoms with Gasteiger partial charge in [-0.2, -0.15) is 0 Å². The van der Waals surface area contributed by atoms with Crippen molar-refractivity contribution in [3.05, 3.63) is 72.9 Å². The number of carboxylic acids is 1. The molecule has 0 aromatic rings. The van der Waals surface area contributed by atoms with Crippen LogP contribution < -0.4 is 0 Å². The van der Waals surface area contributed by atoms with Crippen LogP contribution in [0, 0.1) is 0 Å². The Kier molecular flexibility index (Phi) is 37.3. The zero-order valence-corrected chi connectivity index (χ0v) is 37.0. The van der Waals surface area contributed by atoms with Crippen molar-refractivity contribution in [2.75, 3.05) is 41.0 Å². The quantitative estimate of drug-likeness (QED) is 0.0286. The van der Waals surface area contributed by atoms with Crippen molar-refractivity contribution >= 4 is 17.9 Å². The van der Waals surface area contributed by atoms with Gasteiger partial charge >= 0.3 is 17.9 Å². The Bertz CT molecular complexity index is 1160. The summed E-state index contributed by atoms with van der Waals surface area (Å²) in [4.78, 5) is 36.9. The van der Waals surface area contributed by atoms with E-state index in [-0.39, 0.29) is 42.7 Å². The highest BCUT2D eigenvalue weighted by Gasteiger charge is 2.31. The molecule has 0 radical (unpaired) electrons. The second-order valence-electron chi connectivity index (χ2n) is 15.9. The van der Waals surface area contributed by atoms with Gasteiger partial charge in [-0.25, -0.2) is 4.79 Å². The van der Waals surface area contributed by atoms with E-state index in [1.54, 1.807) is 0 Å². The molecule has 0 aromatic heterocycles. The van der Waals surface area contributed by atoms with Gasteiger partial charge in [0, 0.05) is 19.3 Å². The number of aliphatic carboxylic acids is 1. The lowest BCUT2D eigenvalue weighted by Gasteiger charge is -2.31. The number of esters is 2. The van der Waals surface area contributed by atoms with Gasteiger partial charge in [-0.3, -0.25) is 9.59 Å². The number of ether oxygens (including phenoxy) is 3. The van der Waals surface area contributed by atoms with Gasteiger partial charge < -0.3 is 23.8 Å². The average Bonchev–Trinajstić information content (AvgIpc) is 3.17. The minimum atomic E-state index is -0.886. The molecule has 8 nitrogen and oxygen atoms in total. The number of carboxylic acid groups (broad SMARTS) is 1. The summed E-state index contributed by atoms with van der Waals surface area (Å²) in [5, 5.41) is 9.62. The Hall–Kier alpha value is -3.23. The van der Waals surface area contributed by atoms with E-state index in [9.17, 15) is 19.5 Å². The van der Waals surface area contributed by atoms with E-state index in [1.165, 1.54) is 57.8 Å². The van der Waals surface area contributed by atoms with Crippen LogP contribution in [0.4, 0.5) is 0 Å². The van der Waals surface area contributed by atoms with Crippen LogP contribution in [0.3, 0.4) is 0 Å². The Labute approximate surface area is 349 Å². The average molecular weight is 799 g/mol. The molecule has 0 fully saturated rings. The van der Waals surface area contributed by atoms with Gasteiger partial charge in [-0.05, 0) is 89.9 Å². The molecule has 0 aliphatic heterocycles. The van der Waals surface area contributed by atoms with Gasteiger partial charge in [0.15, 0.2) is 12.1 Å². The number of quaternary nitrogens is 1. The van der Waals surface area contributed by atoms with Crippen LogP contribution in [0.2, 0.25) is 0 Å². The molecule has 0 spiro atoms. The third-order valence-electron chi connectivity index (χ3n) is 9.58. The highest BCUT2D eigenvalue weighted by molar-refractivity contribution is 5.72. The molecule has 0 aromatic carbocycles. The smallest absolute Gasteiger partial charge is 0.362 e. The van der Waals surface area contributed by atoms with Crippen molar-refractivity contribution in [3.8, 4) is 0 Å². The van der Waals surface area contributed by atoms with Crippen molar-refractivity contribution in [3.63, 3.8) is 0 Å². The lowest BCUT2D eigenvalue weighted by atomic mass is 10.1. The molecule has 0 heterocycles. The predicted octanol–water partition coefficient (Wildman–Crippen LogP) is 12.4. The summed E-state index contributed by atoms with van der Waals surface area (Å²) in [6.45, 7) is 4.61. The number of unbranched alkanes of at least 4 members (excludes halogenated alkanes) is 13. The molecule has 0 saturated heterocycles. The fourth-order valence-corrected chi connectivity index (χ4v) is 6.04. The Morgan fingerprint density at radius 2 is 0.930 bits per heavy atom. The zero-order valence-electron chi connectivity index (χ0n) is 37.0. The number of carbonyl (C=O) groups is 3. The molecule has 326 valence electrons. The number of rotatable bonds is 39. The van der Waals surface area contributed by atoms with Crippen LogP contribution in [0.25, 0.3) is 0 Å². The summed E-state index contributed by atoms with van der Waals surface area (Å²) in [5.41, 5.74) is 0. The zero-order chi connectivity index (χ0) is 42.1. The van der Waals surface area contributed by atoms with Gasteiger partial charge in [0.2, 0.25) is 0 Å². The fraction of sp³-hybridized carbons (Fsp3) is 0.694. The van der Waals surface area contributed by atoms with E-state index in [4.69, 9.17) is 14.2 Å². The summed E-state index contributed by atoms with van der Waals surface area (Å²) in [7, 11) is 5.50. The Morgan fingerprint density at radius 1 is 0.526 bits per heavy atom. The largest absolute Gasteiger partial charge is 0.477 e. The van der Waals surface area contributed by atoms with Crippen molar-refractivity contribution in [1.29, 1.82) is 0 Å². The maximum Gasteiger partial charge on any atom is 0.362 e. The molecule has 0 saturated carbocycles. The van der Waals surface area contributed by atoms with Gasteiger partial charge in [-0.1, -0.05) is 132 Å². The minimum absolute atomic E-state index is 0.0375. The maximum absolute atomic E-state index is 12.7. The van der Waals surface area contributed by atoms with Crippen molar-refractivity contribution in [2.24, 2.45) is 0 Å². The van der Waals surface area contributed by atoms with Crippen LogP contribution in [0.5, 0.6) is 0 Å². The Morgan fingerprint density at radius 3 is 1.42 bits per heavy atom. The SMILES string of the molecule is CCCCC/C=C/C/C=C/C/C=C/C/C=C/C/C=C/CCCCC(=O)OC(COCCC(C(=O)O)[N+](C)(C)C)COC(=O)CCCCCCC/C=C/CCCCC. The van der Waals surface area contributed by atoms with Crippen LogP contribution in [-0.4, -0.2) is 80.6 Å². The first-order valence-corrected chi connectivity index (χ1v) is 22.5. The van der Waals surface area contributed by atoms with Crippen LogP contribution >= 0.6 is 0 Å². The highest BCUT2D eigenvalue weighted by atomic mass is 16.6. The number of hydrogen-bond acceptors (Lipinski definition) is 6. The summed E-state index contributed by atoms with van der Waals surface area (Å²) in [5.74, 6) is -1.54. The lowest BCUT2D eigenvalue weighted by molar-refractivity contribution is -0.887. The van der Waals surface area contributed by atoms with E-state index < -0.39 is 18.1 Å². The standard InChI is InChI=1S/C49H83NO7/c1-6-8-10-12-14-16-18-20-21-22-23-24-25-26-27-28-30-32-34-36-38-40-48(52)57-45(43-55-42-41-46(49(53)54)50(3,4)5)44-56-47(51)39-37-35-33-31-29-19-17-15-13-11-9-7-2/h14-17,20-21,23-24,26-27,30,32,45-46H,6-13,18-19,22,25,28-29,31,33-44H2,1-5H3/p+1/b16-14+,17-15+,21-20+,24-23+,27-26+,32-30+. The summed E-state index contributed by atoms with van der Waals surface area (Å²) in [6.07, 6.45) is 49.5. The number of nitrogens with zero attached hydrogens (tertiary/aromatic N) is 1. The molecule has 1 N–H and O–H groups in total. The second kappa shape index (κ2) is 39.6. The summed E-state index contributed by atoms with van der Waals surface area (Å²) in [6, 6.07) is -0.627. The molecule has 2 unspecified atom stereocenters. The van der Waals surface area contributed by atoms with E-state index in [1.807, 2.05) is 21.1 Å². The third kappa shape index (κ3) is 38.1. The number of hydrogen-bond donors (Lipinski definition) is 1. The van der Waals surface area contributed by atoms with Crippen molar-refractivity contribution in [1.82, 2.24) is 0 Å². The molecule has 0 bridgehead atoms. The molecule has 57 heavy (non-hydrogen) atoms. The molecular formula is C49H84NO7+. The normalized spacial score (nSPS) is 13.6.